The average Bonchev–Trinajstić information content (AvgIpc) is 2.82. The molecule has 0 radical (unpaired) electrons. The second-order valence-electron chi connectivity index (χ2n) is 7.13. The molecule has 2 rings (SSSR count). The molecule has 2 aromatic carbocycles. The summed E-state index contributed by atoms with van der Waals surface area (Å²) < 4.78 is 32.4. The molecule has 8 heteroatoms. The summed E-state index contributed by atoms with van der Waals surface area (Å²) >= 11 is 0. The summed E-state index contributed by atoms with van der Waals surface area (Å²) in [6, 6.07) is 9.46. The third-order valence-electron chi connectivity index (χ3n) is 4.68. The molecular formula is C25H30O8. The van der Waals surface area contributed by atoms with Gasteiger partial charge in [-0.25, -0.2) is 9.59 Å². The Hall–Kier alpha value is -3.36. The summed E-state index contributed by atoms with van der Waals surface area (Å²) in [6.07, 6.45) is 1.06. The zero-order valence-corrected chi connectivity index (χ0v) is 19.2. The van der Waals surface area contributed by atoms with Crippen molar-refractivity contribution in [1.29, 1.82) is 0 Å². The van der Waals surface area contributed by atoms with Gasteiger partial charge >= 0.3 is 11.9 Å². The van der Waals surface area contributed by atoms with Crippen LogP contribution in [0.3, 0.4) is 0 Å². The Balaban J connectivity index is 2.13. The van der Waals surface area contributed by atoms with Crippen molar-refractivity contribution < 1.29 is 38.0 Å². The van der Waals surface area contributed by atoms with E-state index in [-0.39, 0.29) is 26.4 Å². The van der Waals surface area contributed by atoms with Gasteiger partial charge in [-0.05, 0) is 41.5 Å². The number of carbonyl (C=O) groups excluding carboxylic acids is 2. The number of benzene rings is 2. The molecule has 0 N–H and O–H groups in total. The molecule has 0 aliphatic rings. The topological polar surface area (TPSA) is 89.5 Å². The monoisotopic (exact) mass is 458 g/mol. The molecular weight excluding hydrogens is 428 g/mol. The van der Waals surface area contributed by atoms with E-state index in [2.05, 4.69) is 13.2 Å². The third-order valence-corrected chi connectivity index (χ3v) is 4.68. The van der Waals surface area contributed by atoms with Crippen LogP contribution >= 0.6 is 0 Å². The van der Waals surface area contributed by atoms with Crippen LogP contribution in [0.4, 0.5) is 0 Å². The Morgan fingerprint density at radius 1 is 0.848 bits per heavy atom. The summed E-state index contributed by atoms with van der Waals surface area (Å²) in [5.74, 6) is 0.175. The Labute approximate surface area is 193 Å². The van der Waals surface area contributed by atoms with Gasteiger partial charge < -0.3 is 28.4 Å². The minimum Gasteiger partial charge on any atom is -0.490 e. The van der Waals surface area contributed by atoms with E-state index in [1.807, 2.05) is 37.3 Å². The van der Waals surface area contributed by atoms with Gasteiger partial charge in [0.15, 0.2) is 12.2 Å². The fraction of sp³-hybridized carbons (Fsp3) is 0.360. The van der Waals surface area contributed by atoms with Crippen LogP contribution in [0.5, 0.6) is 11.5 Å². The molecule has 0 fully saturated rings. The lowest BCUT2D eigenvalue weighted by molar-refractivity contribution is -0.148. The van der Waals surface area contributed by atoms with Gasteiger partial charge in [0, 0.05) is 26.4 Å². The summed E-state index contributed by atoms with van der Waals surface area (Å²) in [4.78, 5) is 23.0. The predicted molar refractivity (Wildman–Crippen MR) is 124 cm³/mol. The molecule has 0 spiro atoms. The van der Waals surface area contributed by atoms with Gasteiger partial charge in [-0.1, -0.05) is 25.3 Å². The number of fused-ring (bicyclic) bond motifs is 1. The maximum absolute atomic E-state index is 11.5. The van der Waals surface area contributed by atoms with Crippen LogP contribution in [-0.2, 0) is 28.5 Å². The number of hydrogen-bond donors (Lipinski definition) is 0. The molecule has 0 heterocycles. The first-order chi connectivity index (χ1) is 15.9. The van der Waals surface area contributed by atoms with E-state index >= 15 is 0 Å². The SMILES string of the molecule is C=CC(=O)OC(COC)COc1ccc2ccc(OCC(COC)OC(=O)C=C)c(C)c2c1. The summed E-state index contributed by atoms with van der Waals surface area (Å²) in [6.45, 7) is 9.38. The van der Waals surface area contributed by atoms with Gasteiger partial charge in [0.05, 0.1) is 13.2 Å². The normalized spacial score (nSPS) is 12.5. The van der Waals surface area contributed by atoms with Crippen molar-refractivity contribution in [1.82, 2.24) is 0 Å². The molecule has 33 heavy (non-hydrogen) atoms. The van der Waals surface area contributed by atoms with E-state index in [1.54, 1.807) is 0 Å². The quantitative estimate of drug-likeness (QED) is 0.314. The number of hydrogen-bond acceptors (Lipinski definition) is 8. The molecule has 0 saturated carbocycles. The summed E-state index contributed by atoms with van der Waals surface area (Å²) in [7, 11) is 3.04. The van der Waals surface area contributed by atoms with Crippen molar-refractivity contribution in [2.45, 2.75) is 19.1 Å². The Morgan fingerprint density at radius 3 is 1.94 bits per heavy atom. The van der Waals surface area contributed by atoms with E-state index < -0.39 is 24.1 Å². The predicted octanol–water partition coefficient (Wildman–Crippen LogP) is 3.39. The second-order valence-corrected chi connectivity index (χ2v) is 7.13. The van der Waals surface area contributed by atoms with Crippen molar-refractivity contribution in [2.75, 3.05) is 40.6 Å². The van der Waals surface area contributed by atoms with Crippen molar-refractivity contribution in [2.24, 2.45) is 0 Å². The van der Waals surface area contributed by atoms with Gasteiger partial charge in [0.25, 0.3) is 0 Å². The van der Waals surface area contributed by atoms with Gasteiger partial charge in [0.2, 0.25) is 0 Å². The molecule has 0 saturated heterocycles. The number of carbonyl (C=O) groups is 2. The van der Waals surface area contributed by atoms with E-state index in [0.717, 1.165) is 28.5 Å². The first kappa shape index (κ1) is 25.9. The van der Waals surface area contributed by atoms with Crippen LogP contribution in [0.25, 0.3) is 10.8 Å². The van der Waals surface area contributed by atoms with Crippen molar-refractivity contribution in [3.63, 3.8) is 0 Å². The largest absolute Gasteiger partial charge is 0.490 e. The van der Waals surface area contributed by atoms with Crippen LogP contribution in [0.1, 0.15) is 5.56 Å². The van der Waals surface area contributed by atoms with Crippen LogP contribution in [0, 0.1) is 6.92 Å². The second kappa shape index (κ2) is 13.2. The highest BCUT2D eigenvalue weighted by atomic mass is 16.6. The van der Waals surface area contributed by atoms with Crippen molar-refractivity contribution >= 4 is 22.7 Å². The molecule has 0 bridgehead atoms. The molecule has 2 unspecified atom stereocenters. The van der Waals surface area contributed by atoms with Crippen LogP contribution in [0.2, 0.25) is 0 Å². The first-order valence-corrected chi connectivity index (χ1v) is 10.3. The van der Waals surface area contributed by atoms with Crippen molar-refractivity contribution in [3.05, 3.63) is 61.2 Å². The molecule has 0 aliphatic carbocycles. The summed E-state index contributed by atoms with van der Waals surface area (Å²) in [5.41, 5.74) is 0.899. The maximum atomic E-state index is 11.5. The van der Waals surface area contributed by atoms with Crippen LogP contribution in [0.15, 0.2) is 55.6 Å². The van der Waals surface area contributed by atoms with Gasteiger partial charge in [-0.15, -0.1) is 0 Å². The Bertz CT molecular complexity index is 963. The first-order valence-electron chi connectivity index (χ1n) is 10.3. The number of esters is 2. The smallest absolute Gasteiger partial charge is 0.330 e. The standard InChI is InChI=1S/C25H30O8/c1-6-24(26)32-20(13-28-4)15-30-19-10-8-18-9-11-23(17(3)22(18)12-19)31-16-21(14-29-5)33-25(27)7-2/h6-12,20-21H,1-2,13-16H2,3-5H3. The fourth-order valence-corrected chi connectivity index (χ4v) is 3.08. The number of ether oxygens (including phenoxy) is 6. The van der Waals surface area contributed by atoms with E-state index in [4.69, 9.17) is 28.4 Å². The van der Waals surface area contributed by atoms with Gasteiger partial charge in [-0.2, -0.15) is 0 Å². The number of aryl methyl sites for hydroxylation is 1. The van der Waals surface area contributed by atoms with Gasteiger partial charge in [-0.3, -0.25) is 0 Å². The zero-order valence-electron chi connectivity index (χ0n) is 19.2. The van der Waals surface area contributed by atoms with Gasteiger partial charge in [0.1, 0.15) is 24.7 Å². The fourth-order valence-electron chi connectivity index (χ4n) is 3.08. The molecule has 0 amide bonds. The zero-order chi connectivity index (χ0) is 24.2. The Morgan fingerprint density at radius 2 is 1.39 bits per heavy atom. The molecule has 0 aromatic heterocycles. The van der Waals surface area contributed by atoms with E-state index in [0.29, 0.717) is 11.5 Å². The highest BCUT2D eigenvalue weighted by Crippen LogP contribution is 2.30. The highest BCUT2D eigenvalue weighted by Gasteiger charge is 2.16. The maximum Gasteiger partial charge on any atom is 0.330 e. The average molecular weight is 459 g/mol. The number of rotatable bonds is 14. The molecule has 8 nitrogen and oxygen atoms in total. The molecule has 2 atom stereocenters. The lowest BCUT2D eigenvalue weighted by atomic mass is 10.0. The lowest BCUT2D eigenvalue weighted by Crippen LogP contribution is -2.29. The lowest BCUT2D eigenvalue weighted by Gasteiger charge is -2.19. The van der Waals surface area contributed by atoms with E-state index in [9.17, 15) is 9.59 Å². The van der Waals surface area contributed by atoms with Crippen molar-refractivity contribution in [3.8, 4) is 11.5 Å². The minimum atomic E-state index is -0.568. The van der Waals surface area contributed by atoms with Crippen LogP contribution in [-0.4, -0.2) is 64.8 Å². The highest BCUT2D eigenvalue weighted by molar-refractivity contribution is 5.88. The van der Waals surface area contributed by atoms with E-state index in [1.165, 1.54) is 14.2 Å². The number of methoxy groups -OCH3 is 2. The Kier molecular flexibility index (Phi) is 10.4. The van der Waals surface area contributed by atoms with Crippen LogP contribution < -0.4 is 9.47 Å². The molecule has 178 valence electrons. The molecule has 0 aliphatic heterocycles. The third kappa shape index (κ3) is 7.93. The summed E-state index contributed by atoms with van der Waals surface area (Å²) in [5, 5.41) is 1.94. The molecule has 2 aromatic rings. The minimum absolute atomic E-state index is 0.127.